The molecule has 30 heavy (non-hydrogen) atoms. The molecule has 0 spiro atoms. The molecule has 0 fully saturated rings. The van der Waals surface area contributed by atoms with Crippen molar-refractivity contribution in [2.45, 2.75) is 33.0 Å². The molecule has 8 heteroatoms. The Morgan fingerprint density at radius 1 is 0.933 bits per heavy atom. The van der Waals surface area contributed by atoms with Gasteiger partial charge in [-0.2, -0.15) is 4.31 Å². The van der Waals surface area contributed by atoms with E-state index in [1.165, 1.54) is 4.90 Å². The quantitative estimate of drug-likeness (QED) is 0.623. The van der Waals surface area contributed by atoms with Gasteiger partial charge in [-0.05, 0) is 25.0 Å². The first-order chi connectivity index (χ1) is 14.2. The Morgan fingerprint density at radius 2 is 1.43 bits per heavy atom. The minimum Gasteiger partial charge on any atom is -0.355 e. The maximum atomic E-state index is 13.2. The Morgan fingerprint density at radius 3 is 1.90 bits per heavy atom. The predicted molar refractivity (Wildman–Crippen MR) is 117 cm³/mol. The van der Waals surface area contributed by atoms with Crippen molar-refractivity contribution in [3.63, 3.8) is 0 Å². The number of carbonyl (C=O) groups excluding carboxylic acids is 2. The van der Waals surface area contributed by atoms with Crippen molar-refractivity contribution < 1.29 is 18.0 Å². The zero-order valence-corrected chi connectivity index (χ0v) is 18.4. The van der Waals surface area contributed by atoms with Crippen LogP contribution in [0.4, 0.5) is 0 Å². The molecule has 7 nitrogen and oxygen atoms in total. The molecule has 0 saturated carbocycles. The molecular weight excluding hydrogens is 402 g/mol. The molecule has 0 bridgehead atoms. The van der Waals surface area contributed by atoms with Crippen molar-refractivity contribution in [2.24, 2.45) is 0 Å². The lowest BCUT2D eigenvalue weighted by Crippen LogP contribution is -2.50. The van der Waals surface area contributed by atoms with Crippen molar-refractivity contribution in [3.05, 3.63) is 71.8 Å². The van der Waals surface area contributed by atoms with Crippen LogP contribution < -0.4 is 5.32 Å². The largest absolute Gasteiger partial charge is 0.355 e. The highest BCUT2D eigenvalue weighted by Crippen LogP contribution is 2.13. The third-order valence-corrected chi connectivity index (χ3v) is 5.89. The minimum absolute atomic E-state index is 0.0835. The average molecular weight is 432 g/mol. The SMILES string of the molecule is CCNC(=O)[C@@H](C)N(Cc1ccccc1)C(=O)CN(Cc1ccccc1)S(C)(=O)=O. The second kappa shape index (κ2) is 10.9. The molecule has 2 aromatic rings. The fourth-order valence-corrected chi connectivity index (χ4v) is 3.73. The molecule has 2 rings (SSSR count). The monoisotopic (exact) mass is 431 g/mol. The third-order valence-electron chi connectivity index (χ3n) is 4.70. The second-order valence-corrected chi connectivity index (χ2v) is 9.08. The van der Waals surface area contributed by atoms with E-state index < -0.39 is 22.0 Å². The normalized spacial score (nSPS) is 12.4. The molecule has 2 aromatic carbocycles. The summed E-state index contributed by atoms with van der Waals surface area (Å²) in [7, 11) is -3.64. The first-order valence-corrected chi connectivity index (χ1v) is 11.7. The van der Waals surface area contributed by atoms with Crippen molar-refractivity contribution in [2.75, 3.05) is 19.3 Å². The fraction of sp³-hybridized carbons (Fsp3) is 0.364. The van der Waals surface area contributed by atoms with Gasteiger partial charge in [0.1, 0.15) is 6.04 Å². The summed E-state index contributed by atoms with van der Waals surface area (Å²) in [6, 6.07) is 17.7. The molecule has 0 aliphatic heterocycles. The summed E-state index contributed by atoms with van der Waals surface area (Å²) in [5.74, 6) is -0.713. The van der Waals surface area contributed by atoms with E-state index in [1.54, 1.807) is 13.8 Å². The van der Waals surface area contributed by atoms with Gasteiger partial charge in [0.05, 0.1) is 12.8 Å². The van der Waals surface area contributed by atoms with Gasteiger partial charge in [-0.1, -0.05) is 60.7 Å². The van der Waals surface area contributed by atoms with E-state index in [9.17, 15) is 18.0 Å². The molecule has 0 unspecified atom stereocenters. The number of rotatable bonds is 10. The molecule has 0 aliphatic carbocycles. The smallest absolute Gasteiger partial charge is 0.242 e. The minimum atomic E-state index is -3.64. The van der Waals surface area contributed by atoms with Crippen LogP contribution in [0.3, 0.4) is 0 Å². The maximum Gasteiger partial charge on any atom is 0.242 e. The lowest BCUT2D eigenvalue weighted by atomic mass is 10.1. The summed E-state index contributed by atoms with van der Waals surface area (Å²) in [6.45, 7) is 3.85. The van der Waals surface area contributed by atoms with Crippen LogP contribution in [0.1, 0.15) is 25.0 Å². The Hall–Kier alpha value is -2.71. The van der Waals surface area contributed by atoms with E-state index in [1.807, 2.05) is 60.7 Å². The summed E-state index contributed by atoms with van der Waals surface area (Å²) in [5.41, 5.74) is 1.64. The molecule has 2 amide bonds. The van der Waals surface area contributed by atoms with Crippen LogP contribution in [0.15, 0.2) is 60.7 Å². The van der Waals surface area contributed by atoms with Crippen molar-refractivity contribution in [3.8, 4) is 0 Å². The highest BCUT2D eigenvalue weighted by atomic mass is 32.2. The number of nitrogens with one attached hydrogen (secondary N) is 1. The van der Waals surface area contributed by atoms with Gasteiger partial charge in [0.15, 0.2) is 0 Å². The summed E-state index contributed by atoms with van der Waals surface area (Å²) >= 11 is 0. The van der Waals surface area contributed by atoms with Gasteiger partial charge >= 0.3 is 0 Å². The zero-order chi connectivity index (χ0) is 22.1. The Balaban J connectivity index is 2.26. The number of sulfonamides is 1. The number of nitrogens with zero attached hydrogens (tertiary/aromatic N) is 2. The Kier molecular flexibility index (Phi) is 8.56. The van der Waals surface area contributed by atoms with Crippen LogP contribution >= 0.6 is 0 Å². The van der Waals surface area contributed by atoms with Crippen LogP contribution in [0.25, 0.3) is 0 Å². The molecular formula is C22H29N3O4S. The maximum absolute atomic E-state index is 13.2. The van der Waals surface area contributed by atoms with E-state index >= 15 is 0 Å². The van der Waals surface area contributed by atoms with Gasteiger partial charge in [-0.3, -0.25) is 9.59 Å². The van der Waals surface area contributed by atoms with Gasteiger partial charge in [-0.25, -0.2) is 8.42 Å². The fourth-order valence-electron chi connectivity index (χ4n) is 3.00. The summed E-state index contributed by atoms with van der Waals surface area (Å²) in [6.07, 6.45) is 1.08. The zero-order valence-electron chi connectivity index (χ0n) is 17.6. The van der Waals surface area contributed by atoms with E-state index in [0.717, 1.165) is 21.7 Å². The lowest BCUT2D eigenvalue weighted by molar-refractivity contribution is -0.140. The standard InChI is InChI=1S/C22H29N3O4S/c1-4-23-22(27)18(2)25(16-20-13-9-6-10-14-20)21(26)17-24(30(3,28)29)15-19-11-7-5-8-12-19/h5-14,18H,4,15-17H2,1-3H3,(H,23,27)/t18-/m1/s1. The highest BCUT2D eigenvalue weighted by Gasteiger charge is 2.29. The molecule has 0 heterocycles. The molecule has 0 saturated heterocycles. The molecule has 0 radical (unpaired) electrons. The third kappa shape index (κ3) is 6.96. The van der Waals surface area contributed by atoms with Crippen molar-refractivity contribution in [1.82, 2.24) is 14.5 Å². The van der Waals surface area contributed by atoms with Crippen molar-refractivity contribution in [1.29, 1.82) is 0 Å². The van der Waals surface area contributed by atoms with Gasteiger partial charge in [0, 0.05) is 19.6 Å². The molecule has 0 aromatic heterocycles. The average Bonchev–Trinajstić information content (AvgIpc) is 2.72. The van der Waals surface area contributed by atoms with Crippen LogP contribution in [0.2, 0.25) is 0 Å². The van der Waals surface area contributed by atoms with E-state index in [0.29, 0.717) is 6.54 Å². The van der Waals surface area contributed by atoms with Gasteiger partial charge in [0.25, 0.3) is 0 Å². The highest BCUT2D eigenvalue weighted by molar-refractivity contribution is 7.88. The van der Waals surface area contributed by atoms with Crippen LogP contribution in [0, 0.1) is 0 Å². The van der Waals surface area contributed by atoms with Gasteiger partial charge < -0.3 is 10.2 Å². The second-order valence-electron chi connectivity index (χ2n) is 7.09. The number of likely N-dealkylation sites (N-methyl/N-ethyl adjacent to an activating group) is 1. The van der Waals surface area contributed by atoms with Gasteiger partial charge in [0.2, 0.25) is 21.8 Å². The van der Waals surface area contributed by atoms with E-state index in [2.05, 4.69) is 5.32 Å². The first-order valence-electron chi connectivity index (χ1n) is 9.82. The number of benzene rings is 2. The first kappa shape index (κ1) is 23.6. The van der Waals surface area contributed by atoms with E-state index in [-0.39, 0.29) is 25.5 Å². The number of hydrogen-bond acceptors (Lipinski definition) is 4. The summed E-state index contributed by atoms with van der Waals surface area (Å²) in [4.78, 5) is 27.0. The Labute approximate surface area is 178 Å². The predicted octanol–water partition coefficient (Wildman–Crippen LogP) is 2.00. The summed E-state index contributed by atoms with van der Waals surface area (Å²) < 4.78 is 25.8. The molecule has 1 atom stereocenters. The lowest BCUT2D eigenvalue weighted by Gasteiger charge is -2.30. The number of carbonyl (C=O) groups is 2. The van der Waals surface area contributed by atoms with Gasteiger partial charge in [-0.15, -0.1) is 0 Å². The number of hydrogen-bond donors (Lipinski definition) is 1. The molecule has 162 valence electrons. The Bertz CT molecular complexity index is 933. The number of amides is 2. The summed E-state index contributed by atoms with van der Waals surface area (Å²) in [5, 5.41) is 2.73. The molecule has 0 aliphatic rings. The molecule has 1 N–H and O–H groups in total. The van der Waals surface area contributed by atoms with Crippen molar-refractivity contribution >= 4 is 21.8 Å². The topological polar surface area (TPSA) is 86.8 Å². The van der Waals surface area contributed by atoms with E-state index in [4.69, 9.17) is 0 Å². The van der Waals surface area contributed by atoms with Crippen LogP contribution in [-0.4, -0.2) is 54.8 Å². The van der Waals surface area contributed by atoms with Crippen LogP contribution in [0.5, 0.6) is 0 Å². The van der Waals surface area contributed by atoms with Crippen LogP contribution in [-0.2, 0) is 32.7 Å².